The second-order valence-electron chi connectivity index (χ2n) is 6.71. The predicted octanol–water partition coefficient (Wildman–Crippen LogP) is 0.495. The molecule has 1 aliphatic rings. The molecule has 0 spiro atoms. The van der Waals surface area contributed by atoms with E-state index in [9.17, 15) is 4.79 Å². The minimum Gasteiger partial charge on any atom is -0.340 e. The highest BCUT2D eigenvalue weighted by molar-refractivity contribution is 5.79. The summed E-state index contributed by atoms with van der Waals surface area (Å²) in [6.07, 6.45) is 2.67. The maximum Gasteiger partial charge on any atom is 0.227 e. The van der Waals surface area contributed by atoms with Gasteiger partial charge in [-0.2, -0.15) is 4.98 Å². The number of aryl methyl sites for hydroxylation is 1. The van der Waals surface area contributed by atoms with Gasteiger partial charge in [-0.15, -0.1) is 5.10 Å². The molecule has 0 atom stereocenters. The Balaban J connectivity index is 1.27. The molecule has 10 heteroatoms. The highest BCUT2D eigenvalue weighted by atomic mass is 16.5. The van der Waals surface area contributed by atoms with Crippen LogP contribution < -0.4 is 0 Å². The molecule has 1 aromatic carbocycles. The third-order valence-electron chi connectivity index (χ3n) is 4.81. The minimum absolute atomic E-state index is 0.141. The number of carbonyl (C=O) groups excluding carboxylic acids is 1. The molecule has 4 rings (SSSR count). The van der Waals surface area contributed by atoms with Crippen LogP contribution in [0.4, 0.5) is 0 Å². The Morgan fingerprint density at radius 1 is 1.14 bits per heavy atom. The first kappa shape index (κ1) is 18.2. The van der Waals surface area contributed by atoms with Crippen LogP contribution in [0.2, 0.25) is 0 Å². The van der Waals surface area contributed by atoms with Crippen LogP contribution in [0, 0.1) is 0 Å². The van der Waals surface area contributed by atoms with E-state index in [0.717, 1.165) is 30.8 Å². The normalized spacial score (nSPS) is 15.1. The fourth-order valence-electron chi connectivity index (χ4n) is 3.19. The van der Waals surface area contributed by atoms with Crippen LogP contribution in [0.1, 0.15) is 24.2 Å². The Morgan fingerprint density at radius 3 is 2.57 bits per heavy atom. The van der Waals surface area contributed by atoms with Crippen molar-refractivity contribution in [1.29, 1.82) is 0 Å². The monoisotopic (exact) mass is 382 g/mol. The molecule has 0 aliphatic carbocycles. The van der Waals surface area contributed by atoms with Crippen molar-refractivity contribution < 1.29 is 9.32 Å². The summed E-state index contributed by atoms with van der Waals surface area (Å²) in [6, 6.07) is 7.69. The molecular weight excluding hydrogens is 360 g/mol. The quantitative estimate of drug-likeness (QED) is 0.607. The molecule has 3 aromatic rings. The molecule has 0 radical (unpaired) electrons. The first-order valence-electron chi connectivity index (χ1n) is 9.35. The molecule has 28 heavy (non-hydrogen) atoms. The number of tetrazole rings is 1. The average Bonchev–Trinajstić information content (AvgIpc) is 3.41. The first-order valence-corrected chi connectivity index (χ1v) is 9.35. The van der Waals surface area contributed by atoms with Crippen LogP contribution in [-0.4, -0.2) is 72.2 Å². The lowest BCUT2D eigenvalue weighted by molar-refractivity contribution is -0.132. The molecule has 146 valence electrons. The third-order valence-corrected chi connectivity index (χ3v) is 4.81. The van der Waals surface area contributed by atoms with Gasteiger partial charge in [0.1, 0.15) is 6.33 Å². The molecule has 2 aromatic heterocycles. The van der Waals surface area contributed by atoms with Gasteiger partial charge in [-0.3, -0.25) is 9.69 Å². The summed E-state index contributed by atoms with van der Waals surface area (Å²) in [5.74, 6) is 1.51. The number of hydrogen-bond acceptors (Lipinski definition) is 8. The van der Waals surface area contributed by atoms with Crippen LogP contribution in [0.15, 0.2) is 35.1 Å². The van der Waals surface area contributed by atoms with Gasteiger partial charge in [0.15, 0.2) is 5.82 Å². The summed E-state index contributed by atoms with van der Waals surface area (Å²) in [5, 5.41) is 15.1. The van der Waals surface area contributed by atoms with E-state index in [4.69, 9.17) is 4.52 Å². The van der Waals surface area contributed by atoms with Crippen LogP contribution >= 0.6 is 0 Å². The third kappa shape index (κ3) is 4.22. The van der Waals surface area contributed by atoms with Gasteiger partial charge in [0, 0.05) is 32.6 Å². The van der Waals surface area contributed by atoms with Crippen molar-refractivity contribution in [2.45, 2.75) is 26.3 Å². The summed E-state index contributed by atoms with van der Waals surface area (Å²) in [6.45, 7) is 5.67. The number of rotatable bonds is 6. The number of hydrogen-bond donors (Lipinski definition) is 0. The SMILES string of the molecule is CCc1nc(CN2CCN(C(=O)Cc3ccc(-n4cnnn4)cc3)CC2)no1. The van der Waals surface area contributed by atoms with E-state index in [1.54, 1.807) is 4.68 Å². The van der Waals surface area contributed by atoms with Gasteiger partial charge in [0.25, 0.3) is 0 Å². The van der Waals surface area contributed by atoms with E-state index in [-0.39, 0.29) is 5.91 Å². The standard InChI is InChI=1S/C18H22N8O2/c1-2-17-20-16(21-28-17)12-24-7-9-25(10-8-24)18(27)11-14-3-5-15(6-4-14)26-13-19-22-23-26/h3-6,13H,2,7-12H2,1H3. The van der Waals surface area contributed by atoms with Gasteiger partial charge in [0.2, 0.25) is 11.8 Å². The second-order valence-corrected chi connectivity index (χ2v) is 6.71. The van der Waals surface area contributed by atoms with E-state index in [2.05, 4.69) is 30.6 Å². The zero-order valence-corrected chi connectivity index (χ0v) is 15.7. The maximum atomic E-state index is 12.6. The summed E-state index contributed by atoms with van der Waals surface area (Å²) in [4.78, 5) is 21.1. The molecule has 3 heterocycles. The number of carbonyl (C=O) groups is 1. The molecule has 1 saturated heterocycles. The lowest BCUT2D eigenvalue weighted by Crippen LogP contribution is -2.48. The highest BCUT2D eigenvalue weighted by Crippen LogP contribution is 2.12. The highest BCUT2D eigenvalue weighted by Gasteiger charge is 2.22. The molecule has 0 unspecified atom stereocenters. The Labute approximate surface area is 162 Å². The fourth-order valence-corrected chi connectivity index (χ4v) is 3.19. The van der Waals surface area contributed by atoms with Crippen molar-refractivity contribution in [2.24, 2.45) is 0 Å². The van der Waals surface area contributed by atoms with Gasteiger partial charge < -0.3 is 9.42 Å². The van der Waals surface area contributed by atoms with E-state index in [0.29, 0.717) is 37.8 Å². The number of aromatic nitrogens is 6. The van der Waals surface area contributed by atoms with Gasteiger partial charge in [-0.05, 0) is 28.1 Å². The molecule has 1 amide bonds. The predicted molar refractivity (Wildman–Crippen MR) is 98.4 cm³/mol. The van der Waals surface area contributed by atoms with Crippen LogP contribution in [0.25, 0.3) is 5.69 Å². The first-order chi connectivity index (χ1) is 13.7. The van der Waals surface area contributed by atoms with Crippen molar-refractivity contribution in [3.8, 4) is 5.69 Å². The second kappa shape index (κ2) is 8.26. The van der Waals surface area contributed by atoms with Crippen molar-refractivity contribution in [2.75, 3.05) is 26.2 Å². The van der Waals surface area contributed by atoms with Gasteiger partial charge in [-0.1, -0.05) is 24.2 Å². The van der Waals surface area contributed by atoms with Crippen molar-refractivity contribution >= 4 is 5.91 Å². The van der Waals surface area contributed by atoms with E-state index in [1.165, 1.54) is 6.33 Å². The lowest BCUT2D eigenvalue weighted by atomic mass is 10.1. The molecular formula is C18H22N8O2. The smallest absolute Gasteiger partial charge is 0.227 e. The molecule has 0 N–H and O–H groups in total. The maximum absolute atomic E-state index is 12.6. The fraction of sp³-hybridized carbons (Fsp3) is 0.444. The van der Waals surface area contributed by atoms with Crippen LogP contribution in [-0.2, 0) is 24.2 Å². The molecule has 0 bridgehead atoms. The lowest BCUT2D eigenvalue weighted by Gasteiger charge is -2.34. The number of piperazine rings is 1. The molecule has 1 fully saturated rings. The molecule has 0 saturated carbocycles. The summed E-state index contributed by atoms with van der Waals surface area (Å²) >= 11 is 0. The van der Waals surface area contributed by atoms with Gasteiger partial charge in [0.05, 0.1) is 18.7 Å². The van der Waals surface area contributed by atoms with Gasteiger partial charge in [-0.25, -0.2) is 4.68 Å². The summed E-state index contributed by atoms with van der Waals surface area (Å²) in [7, 11) is 0. The minimum atomic E-state index is 0.141. The van der Waals surface area contributed by atoms with Crippen molar-refractivity contribution in [3.05, 3.63) is 47.9 Å². The summed E-state index contributed by atoms with van der Waals surface area (Å²) in [5.41, 5.74) is 1.84. The Bertz CT molecular complexity index is 898. The van der Waals surface area contributed by atoms with E-state index < -0.39 is 0 Å². The van der Waals surface area contributed by atoms with E-state index in [1.807, 2.05) is 36.1 Å². The number of benzene rings is 1. The van der Waals surface area contributed by atoms with Crippen LogP contribution in [0.3, 0.4) is 0 Å². The van der Waals surface area contributed by atoms with E-state index >= 15 is 0 Å². The largest absolute Gasteiger partial charge is 0.340 e. The number of amides is 1. The number of nitrogens with zero attached hydrogens (tertiary/aromatic N) is 8. The zero-order valence-electron chi connectivity index (χ0n) is 15.7. The van der Waals surface area contributed by atoms with Gasteiger partial charge >= 0.3 is 0 Å². The zero-order chi connectivity index (χ0) is 19.3. The van der Waals surface area contributed by atoms with Crippen molar-refractivity contribution in [3.63, 3.8) is 0 Å². The molecule has 10 nitrogen and oxygen atoms in total. The Morgan fingerprint density at radius 2 is 1.93 bits per heavy atom. The average molecular weight is 382 g/mol. The van der Waals surface area contributed by atoms with Crippen LogP contribution in [0.5, 0.6) is 0 Å². The summed E-state index contributed by atoms with van der Waals surface area (Å²) < 4.78 is 6.73. The molecule has 1 aliphatic heterocycles. The Hall–Kier alpha value is -3.14. The Kier molecular flexibility index (Phi) is 5.38. The van der Waals surface area contributed by atoms with Crippen molar-refractivity contribution in [1.82, 2.24) is 40.1 Å². The topological polar surface area (TPSA) is 106 Å².